The Morgan fingerprint density at radius 3 is 2.41 bits per heavy atom. The topological polar surface area (TPSA) is 49.4 Å². The predicted octanol–water partition coefficient (Wildman–Crippen LogP) is 4.16. The van der Waals surface area contributed by atoms with Crippen LogP contribution in [0.5, 0.6) is 0 Å². The van der Waals surface area contributed by atoms with Crippen molar-refractivity contribution >= 4 is 17.4 Å². The number of nitrogens with zero attached hydrogens (tertiary/aromatic N) is 1. The summed E-state index contributed by atoms with van der Waals surface area (Å²) >= 11 is 0. The lowest BCUT2D eigenvalue weighted by molar-refractivity contribution is -0.116. The Labute approximate surface area is 157 Å². The molecule has 0 heterocycles. The van der Waals surface area contributed by atoms with Crippen molar-refractivity contribution in [2.75, 3.05) is 11.9 Å². The van der Waals surface area contributed by atoms with Crippen LogP contribution >= 0.6 is 0 Å². The van der Waals surface area contributed by atoms with Gasteiger partial charge in [-0.1, -0.05) is 6.07 Å². The molecular weight excluding hydrogens is 350 g/mol. The summed E-state index contributed by atoms with van der Waals surface area (Å²) in [4.78, 5) is 25.6. The van der Waals surface area contributed by atoms with Gasteiger partial charge in [-0.3, -0.25) is 14.5 Å². The number of halogens is 2. The van der Waals surface area contributed by atoms with Gasteiger partial charge in [-0.25, -0.2) is 8.78 Å². The molecule has 1 saturated carbocycles. The van der Waals surface area contributed by atoms with Gasteiger partial charge in [0, 0.05) is 48.4 Å². The van der Waals surface area contributed by atoms with Gasteiger partial charge in [-0.05, 0) is 50.1 Å². The number of hydrogen-bond donors (Lipinski definition) is 1. The number of amides is 1. The van der Waals surface area contributed by atoms with Crippen LogP contribution < -0.4 is 5.32 Å². The number of carbonyl (C=O) groups is 2. The van der Waals surface area contributed by atoms with E-state index in [1.807, 2.05) is 0 Å². The lowest BCUT2D eigenvalue weighted by Gasteiger charge is -2.22. The molecular formula is C21H22F2N2O2. The van der Waals surface area contributed by atoms with Gasteiger partial charge in [0.25, 0.3) is 0 Å². The van der Waals surface area contributed by atoms with Crippen molar-refractivity contribution in [1.82, 2.24) is 4.90 Å². The molecule has 0 aromatic heterocycles. The van der Waals surface area contributed by atoms with Gasteiger partial charge in [-0.15, -0.1) is 0 Å². The minimum Gasteiger partial charge on any atom is -0.326 e. The molecule has 3 rings (SSSR count). The summed E-state index contributed by atoms with van der Waals surface area (Å²) in [5.74, 6) is -1.32. The largest absolute Gasteiger partial charge is 0.326 e. The lowest BCUT2D eigenvalue weighted by Crippen LogP contribution is -2.30. The zero-order valence-corrected chi connectivity index (χ0v) is 15.2. The summed E-state index contributed by atoms with van der Waals surface area (Å²) in [5, 5.41) is 2.80. The number of Topliss-reactive ketones (excluding diaryl/α,β-unsaturated/α-hetero) is 1. The van der Waals surface area contributed by atoms with Gasteiger partial charge in [0.15, 0.2) is 5.78 Å². The predicted molar refractivity (Wildman–Crippen MR) is 99.5 cm³/mol. The molecule has 2 aromatic carbocycles. The highest BCUT2D eigenvalue weighted by Crippen LogP contribution is 2.29. The average Bonchev–Trinajstić information content (AvgIpc) is 3.46. The first kappa shape index (κ1) is 19.2. The van der Waals surface area contributed by atoms with Crippen LogP contribution in [0, 0.1) is 11.6 Å². The van der Waals surface area contributed by atoms with E-state index < -0.39 is 11.6 Å². The number of benzene rings is 2. The van der Waals surface area contributed by atoms with Gasteiger partial charge in [-0.2, -0.15) is 0 Å². The second-order valence-corrected chi connectivity index (χ2v) is 6.87. The van der Waals surface area contributed by atoms with Crippen molar-refractivity contribution in [3.63, 3.8) is 0 Å². The first-order chi connectivity index (χ1) is 12.9. The van der Waals surface area contributed by atoms with Gasteiger partial charge in [0.05, 0.1) is 0 Å². The second kappa shape index (κ2) is 8.39. The number of carbonyl (C=O) groups excluding carboxylic acids is 2. The van der Waals surface area contributed by atoms with Crippen molar-refractivity contribution in [3.05, 3.63) is 65.2 Å². The molecule has 0 atom stereocenters. The molecule has 6 heteroatoms. The molecule has 0 bridgehead atoms. The maximum Gasteiger partial charge on any atom is 0.225 e. The Bertz CT molecular complexity index is 833. The first-order valence-corrected chi connectivity index (χ1v) is 9.01. The fraction of sp³-hybridized carbons (Fsp3) is 0.333. The van der Waals surface area contributed by atoms with E-state index in [4.69, 9.17) is 0 Å². The molecule has 0 aliphatic heterocycles. The maximum atomic E-state index is 13.9. The molecule has 4 nitrogen and oxygen atoms in total. The summed E-state index contributed by atoms with van der Waals surface area (Å²) in [6, 6.07) is 10.7. The number of rotatable bonds is 8. The Balaban J connectivity index is 1.54. The monoisotopic (exact) mass is 372 g/mol. The van der Waals surface area contributed by atoms with Crippen LogP contribution in [0.25, 0.3) is 0 Å². The van der Waals surface area contributed by atoms with Crippen LogP contribution in [0.15, 0.2) is 42.5 Å². The van der Waals surface area contributed by atoms with E-state index in [2.05, 4.69) is 10.2 Å². The van der Waals surface area contributed by atoms with Crippen LogP contribution in [-0.2, 0) is 11.3 Å². The lowest BCUT2D eigenvalue weighted by atomic mass is 10.1. The highest BCUT2D eigenvalue weighted by atomic mass is 19.1. The van der Waals surface area contributed by atoms with Crippen molar-refractivity contribution in [1.29, 1.82) is 0 Å². The van der Waals surface area contributed by atoms with E-state index in [-0.39, 0.29) is 18.1 Å². The van der Waals surface area contributed by atoms with Crippen molar-refractivity contribution in [3.8, 4) is 0 Å². The minimum absolute atomic E-state index is 0.0269. The molecule has 1 N–H and O–H groups in total. The highest BCUT2D eigenvalue weighted by Gasteiger charge is 2.29. The number of ketones is 1. The number of anilines is 1. The van der Waals surface area contributed by atoms with Gasteiger partial charge < -0.3 is 5.32 Å². The van der Waals surface area contributed by atoms with E-state index >= 15 is 0 Å². The number of hydrogen-bond acceptors (Lipinski definition) is 3. The fourth-order valence-electron chi connectivity index (χ4n) is 2.96. The van der Waals surface area contributed by atoms with E-state index in [1.165, 1.54) is 19.1 Å². The fourth-order valence-corrected chi connectivity index (χ4v) is 2.96. The van der Waals surface area contributed by atoms with Crippen molar-refractivity contribution in [2.45, 2.75) is 38.8 Å². The molecule has 1 fully saturated rings. The Morgan fingerprint density at radius 2 is 1.81 bits per heavy atom. The van der Waals surface area contributed by atoms with E-state index in [1.54, 1.807) is 24.3 Å². The second-order valence-electron chi connectivity index (χ2n) is 6.87. The molecule has 27 heavy (non-hydrogen) atoms. The van der Waals surface area contributed by atoms with E-state index in [0.717, 1.165) is 18.9 Å². The zero-order chi connectivity index (χ0) is 19.4. The molecule has 1 aliphatic rings. The van der Waals surface area contributed by atoms with E-state index in [0.29, 0.717) is 35.9 Å². The van der Waals surface area contributed by atoms with Gasteiger partial charge >= 0.3 is 0 Å². The summed E-state index contributed by atoms with van der Waals surface area (Å²) in [6.07, 6.45) is 2.32. The third-order valence-corrected chi connectivity index (χ3v) is 4.65. The molecule has 0 unspecified atom stereocenters. The molecule has 0 saturated heterocycles. The quantitative estimate of drug-likeness (QED) is 0.708. The van der Waals surface area contributed by atoms with Crippen LogP contribution in [0.1, 0.15) is 42.1 Å². The molecule has 142 valence electrons. The minimum atomic E-state index is -0.593. The number of nitrogens with one attached hydrogen (secondary N) is 1. The van der Waals surface area contributed by atoms with Crippen LogP contribution in [0.3, 0.4) is 0 Å². The first-order valence-electron chi connectivity index (χ1n) is 9.01. The smallest absolute Gasteiger partial charge is 0.225 e. The SMILES string of the molecule is CC(=O)c1ccc(NC(=O)CCN(Cc2ccc(F)cc2F)C2CC2)cc1. The normalized spacial score (nSPS) is 13.6. The van der Waals surface area contributed by atoms with Crippen LogP contribution in [-0.4, -0.2) is 29.2 Å². The Kier molecular flexibility index (Phi) is 5.96. The molecule has 2 aromatic rings. The Hall–Kier alpha value is -2.60. The average molecular weight is 372 g/mol. The van der Waals surface area contributed by atoms with E-state index in [9.17, 15) is 18.4 Å². The van der Waals surface area contributed by atoms with Gasteiger partial charge in [0.2, 0.25) is 5.91 Å². The standard InChI is InChI=1S/C21H22F2N2O2/c1-14(26)15-3-6-18(7-4-15)24-21(27)10-11-25(19-8-9-19)13-16-2-5-17(22)12-20(16)23/h2-7,12,19H,8-11,13H2,1H3,(H,24,27). The third-order valence-electron chi connectivity index (χ3n) is 4.65. The molecule has 1 aliphatic carbocycles. The maximum absolute atomic E-state index is 13.9. The third kappa shape index (κ3) is 5.44. The molecule has 0 spiro atoms. The highest BCUT2D eigenvalue weighted by molar-refractivity contribution is 5.95. The Morgan fingerprint density at radius 1 is 1.11 bits per heavy atom. The van der Waals surface area contributed by atoms with Gasteiger partial charge in [0.1, 0.15) is 11.6 Å². The van der Waals surface area contributed by atoms with Crippen molar-refractivity contribution < 1.29 is 18.4 Å². The van der Waals surface area contributed by atoms with Crippen LogP contribution in [0.4, 0.5) is 14.5 Å². The summed E-state index contributed by atoms with van der Waals surface area (Å²) in [7, 11) is 0. The summed E-state index contributed by atoms with van der Waals surface area (Å²) < 4.78 is 27.0. The molecule has 0 radical (unpaired) electrons. The summed E-state index contributed by atoms with van der Waals surface area (Å²) in [6.45, 7) is 2.35. The summed E-state index contributed by atoms with van der Waals surface area (Å²) in [5.41, 5.74) is 1.66. The van der Waals surface area contributed by atoms with Crippen LogP contribution in [0.2, 0.25) is 0 Å². The zero-order valence-electron chi connectivity index (χ0n) is 15.2. The molecule has 1 amide bonds. The van der Waals surface area contributed by atoms with Crippen molar-refractivity contribution in [2.24, 2.45) is 0 Å².